The van der Waals surface area contributed by atoms with Gasteiger partial charge in [0, 0.05) is 11.1 Å². The summed E-state index contributed by atoms with van der Waals surface area (Å²) < 4.78 is 0. The van der Waals surface area contributed by atoms with Crippen LogP contribution in [0.25, 0.3) is 0 Å². The molecule has 0 radical (unpaired) electrons. The summed E-state index contributed by atoms with van der Waals surface area (Å²) in [5.41, 5.74) is 1.08. The average Bonchev–Trinajstić information content (AvgIpc) is 3.14. The molecule has 3 rings (SSSR count). The lowest BCUT2D eigenvalue weighted by molar-refractivity contribution is -0.384. The minimum Gasteiger partial charge on any atom is -0.323 e. The quantitative estimate of drug-likeness (QED) is 0.505. The molecule has 1 unspecified atom stereocenters. The van der Waals surface area contributed by atoms with Gasteiger partial charge in [0.15, 0.2) is 0 Å². The van der Waals surface area contributed by atoms with Gasteiger partial charge in [0.2, 0.25) is 11.8 Å². The van der Waals surface area contributed by atoms with Crippen LogP contribution in [0.15, 0.2) is 36.4 Å². The van der Waals surface area contributed by atoms with Crippen molar-refractivity contribution in [3.05, 3.63) is 62.1 Å². The summed E-state index contributed by atoms with van der Waals surface area (Å²) in [6, 6.07) is 8.84. The molecule has 2 N–H and O–H groups in total. The Kier molecular flexibility index (Phi) is 6.91. The van der Waals surface area contributed by atoms with Crippen molar-refractivity contribution in [1.29, 1.82) is 0 Å². The van der Waals surface area contributed by atoms with E-state index >= 15 is 0 Å². The highest BCUT2D eigenvalue weighted by molar-refractivity contribution is 6.35. The van der Waals surface area contributed by atoms with Crippen LogP contribution in [0.4, 0.5) is 17.1 Å². The van der Waals surface area contributed by atoms with Crippen LogP contribution in [-0.4, -0.2) is 40.8 Å². The number of carbonyl (C=O) groups is 2. The maximum absolute atomic E-state index is 12.7. The molecule has 1 saturated heterocycles. The number of benzene rings is 2. The fourth-order valence-electron chi connectivity index (χ4n) is 3.39. The normalized spacial score (nSPS) is 16.3. The number of nitrogens with one attached hydrogen (secondary N) is 2. The minimum absolute atomic E-state index is 0.0631. The second-order valence-corrected chi connectivity index (χ2v) is 7.91. The van der Waals surface area contributed by atoms with Crippen LogP contribution in [0.1, 0.15) is 18.4 Å². The van der Waals surface area contributed by atoms with Crippen LogP contribution < -0.4 is 10.6 Å². The number of nitrogens with zero attached hydrogens (tertiary/aromatic N) is 2. The SMILES string of the molecule is Cc1ccc(NC(=O)CN2CCCC2C(=O)Nc2cc(Cl)ccc2Cl)c([N+](=O)[O-])c1. The van der Waals surface area contributed by atoms with Crippen molar-refractivity contribution in [1.82, 2.24) is 4.90 Å². The summed E-state index contributed by atoms with van der Waals surface area (Å²) in [4.78, 5) is 37.7. The average molecular weight is 451 g/mol. The lowest BCUT2D eigenvalue weighted by Gasteiger charge is -2.23. The number of anilines is 2. The van der Waals surface area contributed by atoms with Gasteiger partial charge >= 0.3 is 0 Å². The van der Waals surface area contributed by atoms with Gasteiger partial charge in [0.05, 0.1) is 28.2 Å². The molecule has 2 aromatic rings. The van der Waals surface area contributed by atoms with E-state index < -0.39 is 16.9 Å². The Labute approximate surface area is 183 Å². The number of hydrogen-bond donors (Lipinski definition) is 2. The predicted octanol–water partition coefficient (Wildman–Crippen LogP) is 4.25. The molecular weight excluding hydrogens is 431 g/mol. The predicted molar refractivity (Wildman–Crippen MR) is 116 cm³/mol. The summed E-state index contributed by atoms with van der Waals surface area (Å²) in [6.45, 7) is 2.23. The highest BCUT2D eigenvalue weighted by Crippen LogP contribution is 2.28. The molecule has 30 heavy (non-hydrogen) atoms. The number of hydrogen-bond acceptors (Lipinski definition) is 5. The molecule has 0 saturated carbocycles. The van der Waals surface area contributed by atoms with Gasteiger partial charge in [-0.05, 0) is 56.1 Å². The zero-order chi connectivity index (χ0) is 21.8. The molecule has 1 fully saturated rings. The molecular formula is C20H20Cl2N4O4. The summed E-state index contributed by atoms with van der Waals surface area (Å²) in [5, 5.41) is 17.4. The molecule has 8 nitrogen and oxygen atoms in total. The fourth-order valence-corrected chi connectivity index (χ4v) is 3.73. The maximum Gasteiger partial charge on any atom is 0.293 e. The zero-order valence-electron chi connectivity index (χ0n) is 16.2. The highest BCUT2D eigenvalue weighted by Gasteiger charge is 2.32. The maximum atomic E-state index is 12.7. The molecule has 1 atom stereocenters. The van der Waals surface area contributed by atoms with Crippen molar-refractivity contribution < 1.29 is 14.5 Å². The first-order valence-electron chi connectivity index (χ1n) is 9.29. The molecule has 1 aliphatic heterocycles. The summed E-state index contributed by atoms with van der Waals surface area (Å²) in [7, 11) is 0. The minimum atomic E-state index is -0.538. The molecule has 2 aromatic carbocycles. The van der Waals surface area contributed by atoms with E-state index in [-0.39, 0.29) is 23.8 Å². The van der Waals surface area contributed by atoms with Crippen molar-refractivity contribution in [3.63, 3.8) is 0 Å². The van der Waals surface area contributed by atoms with Crippen LogP contribution >= 0.6 is 23.2 Å². The summed E-state index contributed by atoms with van der Waals surface area (Å²) in [5.74, 6) is -0.715. The number of amides is 2. The molecule has 1 aliphatic rings. The number of nitro benzene ring substituents is 1. The van der Waals surface area contributed by atoms with Gasteiger partial charge < -0.3 is 10.6 Å². The van der Waals surface area contributed by atoms with Gasteiger partial charge in [-0.3, -0.25) is 24.6 Å². The molecule has 0 spiro atoms. The smallest absolute Gasteiger partial charge is 0.293 e. The van der Waals surface area contributed by atoms with Gasteiger partial charge in [-0.1, -0.05) is 29.3 Å². The zero-order valence-corrected chi connectivity index (χ0v) is 17.7. The van der Waals surface area contributed by atoms with E-state index in [9.17, 15) is 19.7 Å². The number of aryl methyl sites for hydroxylation is 1. The van der Waals surface area contributed by atoms with Gasteiger partial charge in [0.25, 0.3) is 5.69 Å². The molecule has 158 valence electrons. The van der Waals surface area contributed by atoms with Crippen molar-refractivity contribution in [2.75, 3.05) is 23.7 Å². The van der Waals surface area contributed by atoms with Gasteiger partial charge in [-0.2, -0.15) is 0 Å². The lowest BCUT2D eigenvalue weighted by Crippen LogP contribution is -2.43. The van der Waals surface area contributed by atoms with Crippen LogP contribution in [0.2, 0.25) is 10.0 Å². The number of rotatable bonds is 6. The fraction of sp³-hybridized carbons (Fsp3) is 0.300. The third kappa shape index (κ3) is 5.27. The monoisotopic (exact) mass is 450 g/mol. The Balaban J connectivity index is 1.66. The third-order valence-electron chi connectivity index (χ3n) is 4.82. The largest absolute Gasteiger partial charge is 0.323 e. The molecule has 10 heteroatoms. The van der Waals surface area contributed by atoms with Crippen molar-refractivity contribution in [2.24, 2.45) is 0 Å². The van der Waals surface area contributed by atoms with Crippen molar-refractivity contribution >= 4 is 52.1 Å². The van der Waals surface area contributed by atoms with E-state index in [1.54, 1.807) is 36.1 Å². The second kappa shape index (κ2) is 9.42. The van der Waals surface area contributed by atoms with E-state index in [1.165, 1.54) is 12.1 Å². The van der Waals surface area contributed by atoms with Crippen molar-refractivity contribution in [2.45, 2.75) is 25.8 Å². The van der Waals surface area contributed by atoms with Crippen molar-refractivity contribution in [3.8, 4) is 0 Å². The Morgan fingerprint density at radius 1 is 1.17 bits per heavy atom. The molecule has 1 heterocycles. The van der Waals surface area contributed by atoms with E-state index in [0.717, 1.165) is 12.0 Å². The summed E-state index contributed by atoms with van der Waals surface area (Å²) in [6.07, 6.45) is 1.33. The Bertz CT molecular complexity index is 999. The van der Waals surface area contributed by atoms with Gasteiger partial charge in [0.1, 0.15) is 5.69 Å². The van der Waals surface area contributed by atoms with Gasteiger partial charge in [-0.25, -0.2) is 0 Å². The Hall–Kier alpha value is -2.68. The van der Waals surface area contributed by atoms with Crippen LogP contribution in [0.5, 0.6) is 0 Å². The first-order valence-corrected chi connectivity index (χ1v) is 10.0. The van der Waals surface area contributed by atoms with Gasteiger partial charge in [-0.15, -0.1) is 0 Å². The second-order valence-electron chi connectivity index (χ2n) is 7.07. The molecule has 0 bridgehead atoms. The van der Waals surface area contributed by atoms with Crippen LogP contribution in [-0.2, 0) is 9.59 Å². The summed E-state index contributed by atoms with van der Waals surface area (Å²) >= 11 is 12.1. The van der Waals surface area contributed by atoms with E-state index in [2.05, 4.69) is 10.6 Å². The Morgan fingerprint density at radius 2 is 1.93 bits per heavy atom. The van der Waals surface area contributed by atoms with E-state index in [0.29, 0.717) is 28.7 Å². The molecule has 0 aliphatic carbocycles. The lowest BCUT2D eigenvalue weighted by atomic mass is 10.2. The first-order chi connectivity index (χ1) is 14.2. The topological polar surface area (TPSA) is 105 Å². The van der Waals surface area contributed by atoms with E-state index in [1.807, 2.05) is 0 Å². The number of likely N-dealkylation sites (tertiary alicyclic amines) is 1. The standard InChI is InChI=1S/C20H20Cl2N4O4/c1-12-4-7-15(18(9-12)26(29)30)23-19(27)11-25-8-2-3-17(25)20(28)24-16-10-13(21)5-6-14(16)22/h4-7,9-10,17H,2-3,8,11H2,1H3,(H,23,27)(H,24,28). The van der Waals surface area contributed by atoms with E-state index in [4.69, 9.17) is 23.2 Å². The number of halogens is 2. The van der Waals surface area contributed by atoms with Crippen LogP contribution in [0, 0.1) is 17.0 Å². The first kappa shape index (κ1) is 22.0. The Morgan fingerprint density at radius 3 is 2.67 bits per heavy atom. The highest BCUT2D eigenvalue weighted by atomic mass is 35.5. The number of nitro groups is 1. The van der Waals surface area contributed by atoms with Crippen LogP contribution in [0.3, 0.4) is 0 Å². The molecule has 0 aromatic heterocycles. The third-order valence-corrected chi connectivity index (χ3v) is 5.39. The molecule has 2 amide bonds. The number of carbonyl (C=O) groups excluding carboxylic acids is 2.